The Morgan fingerprint density at radius 1 is 1.00 bits per heavy atom. The molecule has 0 atom stereocenters. The van der Waals surface area contributed by atoms with Crippen LogP contribution in [0.5, 0.6) is 0 Å². The number of nitrogens with zero attached hydrogens (tertiary/aromatic N) is 2. The molecule has 0 spiro atoms. The van der Waals surface area contributed by atoms with Crippen molar-refractivity contribution in [1.29, 1.82) is 0 Å². The third kappa shape index (κ3) is 3.32. The van der Waals surface area contributed by atoms with Crippen LogP contribution in [-0.2, 0) is 16.1 Å². The number of benzene rings is 2. The van der Waals surface area contributed by atoms with Gasteiger partial charge in [0.05, 0.1) is 0 Å². The van der Waals surface area contributed by atoms with Crippen LogP contribution in [0.1, 0.15) is 16.8 Å². The standard InChI is InChI=1S/C21H15ClN2O2/c22-18-11-5-4-9-16(18)14-24-12-6-10-17(24)13-19-21(25)26-20(23-19)15-7-2-1-3-8-15/h1-13H,14H2/b19-13-. The van der Waals surface area contributed by atoms with Crippen molar-refractivity contribution >= 4 is 29.5 Å². The summed E-state index contributed by atoms with van der Waals surface area (Å²) in [5, 5.41) is 0.712. The van der Waals surface area contributed by atoms with Gasteiger partial charge in [0.1, 0.15) is 0 Å². The first-order valence-electron chi connectivity index (χ1n) is 8.17. The van der Waals surface area contributed by atoms with Crippen molar-refractivity contribution in [3.63, 3.8) is 0 Å². The molecule has 0 aliphatic carbocycles. The van der Waals surface area contributed by atoms with Crippen LogP contribution in [-0.4, -0.2) is 16.4 Å². The molecule has 2 aromatic carbocycles. The Balaban J connectivity index is 1.63. The van der Waals surface area contributed by atoms with Crippen molar-refractivity contribution in [2.45, 2.75) is 6.54 Å². The van der Waals surface area contributed by atoms with E-state index in [2.05, 4.69) is 4.99 Å². The Kier molecular flexibility index (Phi) is 4.42. The van der Waals surface area contributed by atoms with Gasteiger partial charge in [-0.15, -0.1) is 0 Å². The fourth-order valence-electron chi connectivity index (χ4n) is 2.77. The zero-order valence-electron chi connectivity index (χ0n) is 13.8. The summed E-state index contributed by atoms with van der Waals surface area (Å²) >= 11 is 6.25. The summed E-state index contributed by atoms with van der Waals surface area (Å²) < 4.78 is 7.31. The summed E-state index contributed by atoms with van der Waals surface area (Å²) in [6.07, 6.45) is 3.67. The molecule has 0 fully saturated rings. The van der Waals surface area contributed by atoms with Gasteiger partial charge < -0.3 is 9.30 Å². The predicted molar refractivity (Wildman–Crippen MR) is 102 cm³/mol. The van der Waals surface area contributed by atoms with E-state index in [0.717, 1.165) is 16.8 Å². The Hall–Kier alpha value is -3.11. The lowest BCUT2D eigenvalue weighted by Gasteiger charge is -2.08. The van der Waals surface area contributed by atoms with E-state index in [0.29, 0.717) is 17.5 Å². The molecule has 4 rings (SSSR count). The monoisotopic (exact) mass is 362 g/mol. The average Bonchev–Trinajstić information content (AvgIpc) is 3.25. The van der Waals surface area contributed by atoms with Gasteiger partial charge in [0.2, 0.25) is 5.90 Å². The number of carbonyl (C=O) groups is 1. The molecular formula is C21H15ClN2O2. The van der Waals surface area contributed by atoms with Gasteiger partial charge in [0.15, 0.2) is 5.70 Å². The van der Waals surface area contributed by atoms with Crippen molar-refractivity contribution in [3.8, 4) is 0 Å². The van der Waals surface area contributed by atoms with E-state index in [1.54, 1.807) is 6.08 Å². The van der Waals surface area contributed by atoms with Crippen molar-refractivity contribution in [1.82, 2.24) is 4.57 Å². The number of aliphatic imine (C=N–C) groups is 1. The number of halogens is 1. The second-order valence-electron chi connectivity index (χ2n) is 5.85. The smallest absolute Gasteiger partial charge is 0.363 e. The molecule has 0 N–H and O–H groups in total. The summed E-state index contributed by atoms with van der Waals surface area (Å²) in [6.45, 7) is 0.607. The fraction of sp³-hybridized carbons (Fsp3) is 0.0476. The van der Waals surface area contributed by atoms with Crippen LogP contribution in [0.25, 0.3) is 6.08 Å². The van der Waals surface area contributed by atoms with E-state index in [1.807, 2.05) is 77.5 Å². The number of hydrogen-bond donors (Lipinski definition) is 0. The van der Waals surface area contributed by atoms with Crippen LogP contribution in [0.3, 0.4) is 0 Å². The summed E-state index contributed by atoms with van der Waals surface area (Å²) in [7, 11) is 0. The Labute approximate surface area is 156 Å². The van der Waals surface area contributed by atoms with Gasteiger partial charge in [-0.3, -0.25) is 0 Å². The molecular weight excluding hydrogens is 348 g/mol. The molecule has 1 aliphatic heterocycles. The van der Waals surface area contributed by atoms with Crippen LogP contribution < -0.4 is 0 Å². The molecule has 128 valence electrons. The largest absolute Gasteiger partial charge is 0.402 e. The van der Waals surface area contributed by atoms with Gasteiger partial charge in [-0.05, 0) is 42.0 Å². The summed E-state index contributed by atoms with van der Waals surface area (Å²) in [6, 6.07) is 20.9. The van der Waals surface area contributed by atoms with E-state index in [1.165, 1.54) is 0 Å². The summed E-state index contributed by atoms with van der Waals surface area (Å²) in [5.41, 5.74) is 2.92. The maximum absolute atomic E-state index is 12.2. The molecule has 2 heterocycles. The van der Waals surface area contributed by atoms with E-state index in [4.69, 9.17) is 16.3 Å². The van der Waals surface area contributed by atoms with E-state index in [-0.39, 0.29) is 5.70 Å². The second-order valence-corrected chi connectivity index (χ2v) is 6.26. The molecule has 0 radical (unpaired) electrons. The number of cyclic esters (lactones) is 1. The predicted octanol–water partition coefficient (Wildman–Crippen LogP) is 4.53. The van der Waals surface area contributed by atoms with Crippen LogP contribution in [0, 0.1) is 0 Å². The van der Waals surface area contributed by atoms with Gasteiger partial charge in [-0.1, -0.05) is 48.0 Å². The third-order valence-electron chi connectivity index (χ3n) is 4.09. The molecule has 4 nitrogen and oxygen atoms in total. The normalized spacial score (nSPS) is 15.2. The molecule has 3 aromatic rings. The second kappa shape index (κ2) is 7.02. The van der Waals surface area contributed by atoms with Gasteiger partial charge in [-0.25, -0.2) is 9.79 Å². The van der Waals surface area contributed by atoms with Gasteiger partial charge >= 0.3 is 5.97 Å². The zero-order valence-corrected chi connectivity index (χ0v) is 14.6. The number of ether oxygens (including phenoxy) is 1. The number of esters is 1. The van der Waals surface area contributed by atoms with Crippen LogP contribution >= 0.6 is 11.6 Å². The van der Waals surface area contributed by atoms with Crippen molar-refractivity contribution < 1.29 is 9.53 Å². The summed E-state index contributed by atoms with van der Waals surface area (Å²) in [5.74, 6) is -0.125. The van der Waals surface area contributed by atoms with Crippen molar-refractivity contribution in [2.75, 3.05) is 0 Å². The van der Waals surface area contributed by atoms with Gasteiger partial charge in [0, 0.05) is 29.0 Å². The van der Waals surface area contributed by atoms with Crippen LogP contribution in [0.15, 0.2) is 83.6 Å². The summed E-state index contributed by atoms with van der Waals surface area (Å²) in [4.78, 5) is 16.5. The number of rotatable bonds is 4. The molecule has 5 heteroatoms. The van der Waals surface area contributed by atoms with Crippen LogP contribution in [0.4, 0.5) is 0 Å². The van der Waals surface area contributed by atoms with E-state index < -0.39 is 5.97 Å². The van der Waals surface area contributed by atoms with E-state index >= 15 is 0 Å². The number of carbonyl (C=O) groups excluding carboxylic acids is 1. The molecule has 0 saturated carbocycles. The van der Waals surface area contributed by atoms with Gasteiger partial charge in [-0.2, -0.15) is 0 Å². The van der Waals surface area contributed by atoms with Crippen LogP contribution in [0.2, 0.25) is 5.02 Å². The Bertz CT molecular complexity index is 1020. The lowest BCUT2D eigenvalue weighted by Crippen LogP contribution is -2.05. The first-order chi connectivity index (χ1) is 12.7. The molecule has 1 aromatic heterocycles. The minimum atomic E-state index is -0.450. The van der Waals surface area contributed by atoms with Crippen molar-refractivity contribution in [2.24, 2.45) is 4.99 Å². The third-order valence-corrected chi connectivity index (χ3v) is 4.46. The SMILES string of the molecule is O=C1OC(c2ccccc2)=N/C1=C\c1cccn1Cc1ccccc1Cl. The lowest BCUT2D eigenvalue weighted by molar-refractivity contribution is -0.129. The number of hydrogen-bond acceptors (Lipinski definition) is 3. The molecule has 0 saturated heterocycles. The minimum absolute atomic E-state index is 0.281. The molecule has 0 bridgehead atoms. The van der Waals surface area contributed by atoms with Crippen molar-refractivity contribution in [3.05, 3.63) is 100 Å². The Morgan fingerprint density at radius 2 is 1.77 bits per heavy atom. The molecule has 1 aliphatic rings. The maximum Gasteiger partial charge on any atom is 0.363 e. The highest BCUT2D eigenvalue weighted by molar-refractivity contribution is 6.31. The maximum atomic E-state index is 12.2. The lowest BCUT2D eigenvalue weighted by atomic mass is 10.2. The van der Waals surface area contributed by atoms with E-state index in [9.17, 15) is 4.79 Å². The highest BCUT2D eigenvalue weighted by Gasteiger charge is 2.24. The Morgan fingerprint density at radius 3 is 2.58 bits per heavy atom. The molecule has 0 unspecified atom stereocenters. The highest BCUT2D eigenvalue weighted by Crippen LogP contribution is 2.21. The molecule has 0 amide bonds. The number of aromatic nitrogens is 1. The first-order valence-corrected chi connectivity index (χ1v) is 8.55. The fourth-order valence-corrected chi connectivity index (χ4v) is 2.96. The zero-order chi connectivity index (χ0) is 17.9. The van der Waals surface area contributed by atoms with Gasteiger partial charge in [0.25, 0.3) is 0 Å². The molecule has 26 heavy (non-hydrogen) atoms. The quantitative estimate of drug-likeness (QED) is 0.505. The average molecular weight is 363 g/mol. The minimum Gasteiger partial charge on any atom is -0.402 e. The first kappa shape index (κ1) is 16.4. The topological polar surface area (TPSA) is 43.6 Å². The highest BCUT2D eigenvalue weighted by atomic mass is 35.5.